The fraction of sp³-hybridized carbons (Fsp3) is 0.235. The summed E-state index contributed by atoms with van der Waals surface area (Å²) in [5.74, 6) is 0.345. The molecule has 2 rings (SSSR count). The monoisotopic (exact) mass is 379 g/mol. The molecule has 2 aromatic carbocycles. The number of benzene rings is 2. The number of nitrogens with one attached hydrogen (secondary N) is 1. The van der Waals surface area contributed by atoms with Gasteiger partial charge in [0.2, 0.25) is 0 Å². The van der Waals surface area contributed by atoms with Crippen molar-refractivity contribution >= 4 is 21.9 Å². The van der Waals surface area contributed by atoms with Crippen LogP contribution in [0.1, 0.15) is 11.1 Å². The molecule has 2 N–H and O–H groups in total. The molecule has 0 aliphatic rings. The quantitative estimate of drug-likeness (QED) is 0.736. The summed E-state index contributed by atoms with van der Waals surface area (Å²) in [4.78, 5) is 10.6. The number of carbonyl (C=O) groups is 1. The Kier molecular flexibility index (Phi) is 6.43. The van der Waals surface area contributed by atoms with Crippen molar-refractivity contribution in [2.45, 2.75) is 13.2 Å². The summed E-state index contributed by atoms with van der Waals surface area (Å²) in [6.45, 7) is 0.767. The third-order valence-electron chi connectivity index (χ3n) is 3.16. The Balaban J connectivity index is 2.08. The molecule has 0 bridgehead atoms. The van der Waals surface area contributed by atoms with Gasteiger partial charge in [0.15, 0.2) is 11.5 Å². The minimum Gasteiger partial charge on any atom is -0.493 e. The van der Waals surface area contributed by atoms with E-state index < -0.39 is 5.97 Å². The third kappa shape index (κ3) is 5.26. The lowest BCUT2D eigenvalue weighted by atomic mass is 10.2. The van der Waals surface area contributed by atoms with Crippen LogP contribution in [-0.2, 0) is 17.9 Å². The van der Waals surface area contributed by atoms with Crippen LogP contribution in [0.2, 0.25) is 0 Å². The van der Waals surface area contributed by atoms with E-state index in [1.165, 1.54) is 0 Å². The molecular formula is C17H18BrNO4. The van der Waals surface area contributed by atoms with Gasteiger partial charge < -0.3 is 19.9 Å². The van der Waals surface area contributed by atoms with Gasteiger partial charge in [-0.1, -0.05) is 46.3 Å². The number of methoxy groups -OCH3 is 1. The summed E-state index contributed by atoms with van der Waals surface area (Å²) in [7, 11) is 1.58. The lowest BCUT2D eigenvalue weighted by Gasteiger charge is -2.14. The van der Waals surface area contributed by atoms with E-state index in [0.29, 0.717) is 24.7 Å². The highest BCUT2D eigenvalue weighted by atomic mass is 79.9. The first-order chi connectivity index (χ1) is 11.1. The van der Waals surface area contributed by atoms with Gasteiger partial charge in [0.25, 0.3) is 0 Å². The predicted molar refractivity (Wildman–Crippen MR) is 90.8 cm³/mol. The lowest BCUT2D eigenvalue weighted by Crippen LogP contribution is -2.22. The molecule has 0 aliphatic heterocycles. The molecule has 0 aromatic heterocycles. The Morgan fingerprint density at radius 1 is 1.22 bits per heavy atom. The number of hydrogen-bond acceptors (Lipinski definition) is 4. The van der Waals surface area contributed by atoms with Gasteiger partial charge in [-0.15, -0.1) is 0 Å². The second kappa shape index (κ2) is 8.55. The maximum Gasteiger partial charge on any atom is 0.317 e. The first-order valence-corrected chi connectivity index (χ1v) is 7.85. The summed E-state index contributed by atoms with van der Waals surface area (Å²) in [6, 6.07) is 13.5. The van der Waals surface area contributed by atoms with E-state index in [2.05, 4.69) is 21.2 Å². The second-order valence-electron chi connectivity index (χ2n) is 4.87. The molecule has 5 nitrogen and oxygen atoms in total. The van der Waals surface area contributed by atoms with Crippen LogP contribution in [0.5, 0.6) is 11.5 Å². The normalized spacial score (nSPS) is 10.3. The first-order valence-electron chi connectivity index (χ1n) is 7.06. The number of carboxylic acid groups (broad SMARTS) is 1. The zero-order valence-corrected chi connectivity index (χ0v) is 14.3. The average Bonchev–Trinajstić information content (AvgIpc) is 2.55. The molecule has 2 aromatic rings. The molecule has 0 radical (unpaired) electrons. The van der Waals surface area contributed by atoms with Crippen molar-refractivity contribution in [2.24, 2.45) is 0 Å². The molecular weight excluding hydrogens is 362 g/mol. The number of carboxylic acids is 1. The molecule has 122 valence electrons. The Bertz CT molecular complexity index is 661. The first kappa shape index (κ1) is 17.3. The van der Waals surface area contributed by atoms with Gasteiger partial charge >= 0.3 is 5.97 Å². The molecule has 0 unspecified atom stereocenters. The van der Waals surface area contributed by atoms with Gasteiger partial charge in [-0.3, -0.25) is 4.79 Å². The van der Waals surface area contributed by atoms with Crippen molar-refractivity contribution in [2.75, 3.05) is 13.7 Å². The Hall–Kier alpha value is -2.05. The van der Waals surface area contributed by atoms with E-state index in [1.807, 2.05) is 42.5 Å². The van der Waals surface area contributed by atoms with E-state index in [9.17, 15) is 4.79 Å². The Labute approximate surface area is 143 Å². The summed E-state index contributed by atoms with van der Waals surface area (Å²) in [6.07, 6.45) is 0. The topological polar surface area (TPSA) is 67.8 Å². The van der Waals surface area contributed by atoms with E-state index in [0.717, 1.165) is 15.6 Å². The van der Waals surface area contributed by atoms with Gasteiger partial charge in [-0.25, -0.2) is 0 Å². The zero-order valence-electron chi connectivity index (χ0n) is 12.7. The van der Waals surface area contributed by atoms with E-state index in [1.54, 1.807) is 7.11 Å². The minimum absolute atomic E-state index is 0.0962. The lowest BCUT2D eigenvalue weighted by molar-refractivity contribution is -0.135. The van der Waals surface area contributed by atoms with Gasteiger partial charge in [0.05, 0.1) is 13.7 Å². The van der Waals surface area contributed by atoms with Crippen LogP contribution in [0.4, 0.5) is 0 Å². The standard InChI is InChI=1S/C17H18BrNO4/c1-22-15-7-13(9-19-10-17(20)21)14(18)8-16(15)23-11-12-5-3-2-4-6-12/h2-8,19H,9-11H2,1H3,(H,20,21). The Morgan fingerprint density at radius 2 is 1.96 bits per heavy atom. The van der Waals surface area contributed by atoms with Crippen molar-refractivity contribution in [1.29, 1.82) is 0 Å². The summed E-state index contributed by atoms with van der Waals surface area (Å²) < 4.78 is 12.0. The average molecular weight is 380 g/mol. The number of rotatable bonds is 8. The van der Waals surface area contributed by atoms with E-state index >= 15 is 0 Å². The number of aliphatic carboxylic acids is 1. The predicted octanol–water partition coefficient (Wildman–Crippen LogP) is 3.21. The SMILES string of the molecule is COc1cc(CNCC(=O)O)c(Br)cc1OCc1ccccc1. The smallest absolute Gasteiger partial charge is 0.317 e. The van der Waals surface area contributed by atoms with Crippen LogP contribution in [0, 0.1) is 0 Å². The number of halogens is 1. The van der Waals surface area contributed by atoms with Crippen molar-refractivity contribution in [1.82, 2.24) is 5.32 Å². The van der Waals surface area contributed by atoms with Crippen molar-refractivity contribution in [3.8, 4) is 11.5 Å². The van der Waals surface area contributed by atoms with E-state index in [-0.39, 0.29) is 6.54 Å². The van der Waals surface area contributed by atoms with E-state index in [4.69, 9.17) is 14.6 Å². The highest BCUT2D eigenvalue weighted by molar-refractivity contribution is 9.10. The van der Waals surface area contributed by atoms with Gasteiger partial charge in [-0.2, -0.15) is 0 Å². The highest BCUT2D eigenvalue weighted by Crippen LogP contribution is 2.34. The van der Waals surface area contributed by atoms with Gasteiger partial charge in [-0.05, 0) is 23.3 Å². The minimum atomic E-state index is -0.893. The molecule has 6 heteroatoms. The van der Waals surface area contributed by atoms with Crippen LogP contribution in [0.25, 0.3) is 0 Å². The maximum atomic E-state index is 10.6. The number of ether oxygens (including phenoxy) is 2. The highest BCUT2D eigenvalue weighted by Gasteiger charge is 2.11. The summed E-state index contributed by atoms with van der Waals surface area (Å²) >= 11 is 3.48. The Morgan fingerprint density at radius 3 is 2.61 bits per heavy atom. The second-order valence-corrected chi connectivity index (χ2v) is 5.72. The number of hydrogen-bond donors (Lipinski definition) is 2. The maximum absolute atomic E-state index is 10.6. The largest absolute Gasteiger partial charge is 0.493 e. The molecule has 0 saturated heterocycles. The molecule has 0 amide bonds. The van der Waals surface area contributed by atoms with Crippen LogP contribution < -0.4 is 14.8 Å². The van der Waals surface area contributed by atoms with Crippen LogP contribution in [0.3, 0.4) is 0 Å². The molecule has 23 heavy (non-hydrogen) atoms. The van der Waals surface area contributed by atoms with Crippen molar-refractivity contribution in [3.63, 3.8) is 0 Å². The van der Waals surface area contributed by atoms with Gasteiger partial charge in [0, 0.05) is 11.0 Å². The molecule has 0 aliphatic carbocycles. The zero-order chi connectivity index (χ0) is 16.7. The van der Waals surface area contributed by atoms with Crippen molar-refractivity contribution < 1.29 is 19.4 Å². The third-order valence-corrected chi connectivity index (χ3v) is 3.90. The van der Waals surface area contributed by atoms with Gasteiger partial charge in [0.1, 0.15) is 6.61 Å². The molecule has 0 saturated carbocycles. The summed E-state index contributed by atoms with van der Waals surface area (Å²) in [5, 5.41) is 11.5. The van der Waals surface area contributed by atoms with Crippen LogP contribution in [-0.4, -0.2) is 24.7 Å². The van der Waals surface area contributed by atoms with Crippen molar-refractivity contribution in [3.05, 3.63) is 58.1 Å². The summed E-state index contributed by atoms with van der Waals surface area (Å²) in [5.41, 5.74) is 1.97. The van der Waals surface area contributed by atoms with Crippen LogP contribution in [0.15, 0.2) is 46.9 Å². The fourth-order valence-corrected chi connectivity index (χ4v) is 2.49. The molecule has 0 fully saturated rings. The molecule has 0 heterocycles. The van der Waals surface area contributed by atoms with Crippen LogP contribution >= 0.6 is 15.9 Å². The fourth-order valence-electron chi connectivity index (χ4n) is 2.02. The molecule has 0 atom stereocenters. The molecule has 0 spiro atoms.